The van der Waals surface area contributed by atoms with Crippen LogP contribution in [0.25, 0.3) is 6.08 Å². The van der Waals surface area contributed by atoms with Crippen LogP contribution in [0.5, 0.6) is 0 Å². The summed E-state index contributed by atoms with van der Waals surface area (Å²) in [7, 11) is 0. The van der Waals surface area contributed by atoms with Crippen LogP contribution in [0.3, 0.4) is 0 Å². The van der Waals surface area contributed by atoms with Gasteiger partial charge in [-0.2, -0.15) is 0 Å². The molecule has 1 aliphatic heterocycles. The largest absolute Gasteiger partial charge is 0.352 e. The zero-order valence-electron chi connectivity index (χ0n) is 12.6. The SMILES string of the molecule is O=C(CN1C(=O)/C(=C/c2cccs2)SC1=S)NC1CCCCC1. The highest BCUT2D eigenvalue weighted by Gasteiger charge is 2.33. The molecule has 1 saturated carbocycles. The molecule has 4 nitrogen and oxygen atoms in total. The van der Waals surface area contributed by atoms with Crippen LogP contribution in [-0.2, 0) is 9.59 Å². The number of thiocarbonyl (C=S) groups is 1. The van der Waals surface area contributed by atoms with Crippen LogP contribution in [0.4, 0.5) is 0 Å². The van der Waals surface area contributed by atoms with Crippen LogP contribution >= 0.6 is 35.3 Å². The molecule has 0 unspecified atom stereocenters. The molecule has 2 amide bonds. The summed E-state index contributed by atoms with van der Waals surface area (Å²) in [4.78, 5) is 27.6. The van der Waals surface area contributed by atoms with E-state index in [1.165, 1.54) is 23.1 Å². The van der Waals surface area contributed by atoms with Crippen LogP contribution < -0.4 is 5.32 Å². The molecule has 122 valence electrons. The summed E-state index contributed by atoms with van der Waals surface area (Å²) in [5.41, 5.74) is 0. The Bertz CT molecular complexity index is 634. The molecule has 3 rings (SSSR count). The fourth-order valence-corrected chi connectivity index (χ4v) is 4.78. The van der Waals surface area contributed by atoms with Gasteiger partial charge in [0.25, 0.3) is 5.91 Å². The molecule has 7 heteroatoms. The van der Waals surface area contributed by atoms with Gasteiger partial charge in [-0.05, 0) is 30.4 Å². The minimum Gasteiger partial charge on any atom is -0.352 e. The molecule has 1 aromatic rings. The zero-order chi connectivity index (χ0) is 16.2. The molecule has 1 aliphatic carbocycles. The average Bonchev–Trinajstić information content (AvgIpc) is 3.13. The Morgan fingerprint density at radius 1 is 1.39 bits per heavy atom. The summed E-state index contributed by atoms with van der Waals surface area (Å²) in [6, 6.07) is 4.14. The predicted octanol–water partition coefficient (Wildman–Crippen LogP) is 3.40. The molecule has 0 bridgehead atoms. The van der Waals surface area contributed by atoms with Gasteiger partial charge in [-0.1, -0.05) is 49.3 Å². The van der Waals surface area contributed by atoms with E-state index >= 15 is 0 Å². The summed E-state index contributed by atoms with van der Waals surface area (Å²) < 4.78 is 0.455. The second kappa shape index (κ2) is 7.59. The minimum absolute atomic E-state index is 0.0168. The Labute approximate surface area is 149 Å². The van der Waals surface area contributed by atoms with Gasteiger partial charge in [0.2, 0.25) is 5.91 Å². The van der Waals surface area contributed by atoms with Gasteiger partial charge in [0.05, 0.1) is 4.91 Å². The summed E-state index contributed by atoms with van der Waals surface area (Å²) in [5, 5.41) is 4.99. The van der Waals surface area contributed by atoms with Crippen LogP contribution in [-0.4, -0.2) is 33.6 Å². The number of thioether (sulfide) groups is 1. The van der Waals surface area contributed by atoms with Crippen molar-refractivity contribution >= 4 is 57.5 Å². The van der Waals surface area contributed by atoms with Gasteiger partial charge in [0, 0.05) is 10.9 Å². The number of hydrogen-bond acceptors (Lipinski definition) is 5. The van der Waals surface area contributed by atoms with E-state index < -0.39 is 0 Å². The van der Waals surface area contributed by atoms with Crippen LogP contribution in [0.2, 0.25) is 0 Å². The summed E-state index contributed by atoms with van der Waals surface area (Å²) in [5.74, 6) is -0.294. The highest BCUT2D eigenvalue weighted by molar-refractivity contribution is 8.26. The van der Waals surface area contributed by atoms with E-state index in [-0.39, 0.29) is 24.4 Å². The van der Waals surface area contributed by atoms with Gasteiger partial charge in [-0.25, -0.2) is 0 Å². The Morgan fingerprint density at radius 2 is 2.17 bits per heavy atom. The Morgan fingerprint density at radius 3 is 2.87 bits per heavy atom. The van der Waals surface area contributed by atoms with Gasteiger partial charge in [-0.15, -0.1) is 11.3 Å². The Kier molecular flexibility index (Phi) is 5.50. The van der Waals surface area contributed by atoms with E-state index in [2.05, 4.69) is 5.32 Å². The summed E-state index contributed by atoms with van der Waals surface area (Å²) in [6.45, 7) is 0.0168. The number of nitrogens with one attached hydrogen (secondary N) is 1. The number of rotatable bonds is 4. The van der Waals surface area contributed by atoms with Crippen molar-refractivity contribution in [1.29, 1.82) is 0 Å². The first-order chi connectivity index (χ1) is 11.1. The zero-order valence-corrected chi connectivity index (χ0v) is 15.1. The smallest absolute Gasteiger partial charge is 0.266 e. The number of hydrogen-bond donors (Lipinski definition) is 1. The standard InChI is InChI=1S/C16H18N2O2S3/c19-14(17-11-5-2-1-3-6-11)10-18-15(20)13(23-16(18)21)9-12-7-4-8-22-12/h4,7-9,11H,1-3,5-6,10H2,(H,17,19)/b13-9-. The van der Waals surface area contributed by atoms with E-state index in [0.29, 0.717) is 9.23 Å². The monoisotopic (exact) mass is 366 g/mol. The van der Waals surface area contributed by atoms with Crippen molar-refractivity contribution in [1.82, 2.24) is 10.2 Å². The number of carbonyl (C=O) groups is 2. The quantitative estimate of drug-likeness (QED) is 0.655. The van der Waals surface area contributed by atoms with E-state index in [9.17, 15) is 9.59 Å². The molecule has 0 aromatic carbocycles. The van der Waals surface area contributed by atoms with Crippen molar-refractivity contribution in [2.75, 3.05) is 6.54 Å². The summed E-state index contributed by atoms with van der Waals surface area (Å²) in [6.07, 6.45) is 7.47. The van der Waals surface area contributed by atoms with E-state index in [1.807, 2.05) is 23.6 Å². The van der Waals surface area contributed by atoms with E-state index in [0.717, 1.165) is 30.6 Å². The molecule has 2 fully saturated rings. The first-order valence-corrected chi connectivity index (χ1v) is 9.82. The average molecular weight is 367 g/mol. The number of thiophene rings is 1. The number of nitrogens with zero attached hydrogens (tertiary/aromatic N) is 1. The lowest BCUT2D eigenvalue weighted by molar-refractivity contribution is -0.129. The molecule has 1 saturated heterocycles. The molecular formula is C16H18N2O2S3. The number of amides is 2. The molecule has 2 aliphatic rings. The molecule has 1 N–H and O–H groups in total. The fraction of sp³-hybridized carbons (Fsp3) is 0.438. The highest BCUT2D eigenvalue weighted by atomic mass is 32.2. The second-order valence-electron chi connectivity index (χ2n) is 5.69. The maximum atomic E-state index is 12.4. The third-order valence-electron chi connectivity index (χ3n) is 3.96. The third-order valence-corrected chi connectivity index (χ3v) is 6.16. The lowest BCUT2D eigenvalue weighted by Gasteiger charge is -2.24. The lowest BCUT2D eigenvalue weighted by Crippen LogP contribution is -2.44. The van der Waals surface area contributed by atoms with E-state index in [1.54, 1.807) is 11.3 Å². The Balaban J connectivity index is 1.60. The van der Waals surface area contributed by atoms with Crippen molar-refractivity contribution in [3.05, 3.63) is 27.3 Å². The first kappa shape index (κ1) is 16.7. The fourth-order valence-electron chi connectivity index (χ4n) is 2.80. The van der Waals surface area contributed by atoms with Crippen molar-refractivity contribution in [3.8, 4) is 0 Å². The van der Waals surface area contributed by atoms with Gasteiger partial charge in [0.15, 0.2) is 0 Å². The normalized spacial score (nSPS) is 21.2. The number of carbonyl (C=O) groups excluding carboxylic acids is 2. The van der Waals surface area contributed by atoms with E-state index in [4.69, 9.17) is 12.2 Å². The maximum absolute atomic E-state index is 12.4. The molecule has 1 aromatic heterocycles. The molecular weight excluding hydrogens is 348 g/mol. The van der Waals surface area contributed by atoms with Gasteiger partial charge < -0.3 is 5.32 Å². The first-order valence-electron chi connectivity index (χ1n) is 7.72. The topological polar surface area (TPSA) is 49.4 Å². The van der Waals surface area contributed by atoms with Crippen LogP contribution in [0, 0.1) is 0 Å². The summed E-state index contributed by atoms with van der Waals surface area (Å²) >= 11 is 8.10. The maximum Gasteiger partial charge on any atom is 0.266 e. The molecule has 0 spiro atoms. The molecule has 0 atom stereocenters. The van der Waals surface area contributed by atoms with Gasteiger partial charge in [0.1, 0.15) is 10.9 Å². The highest BCUT2D eigenvalue weighted by Crippen LogP contribution is 2.33. The minimum atomic E-state index is -0.174. The molecule has 23 heavy (non-hydrogen) atoms. The predicted molar refractivity (Wildman–Crippen MR) is 99.2 cm³/mol. The van der Waals surface area contributed by atoms with Gasteiger partial charge in [-0.3, -0.25) is 14.5 Å². The third kappa shape index (κ3) is 4.22. The van der Waals surface area contributed by atoms with Crippen LogP contribution in [0.15, 0.2) is 22.4 Å². The molecule has 2 heterocycles. The second-order valence-corrected chi connectivity index (χ2v) is 8.34. The Hall–Kier alpha value is -1.18. The van der Waals surface area contributed by atoms with Crippen molar-refractivity contribution in [2.45, 2.75) is 38.1 Å². The van der Waals surface area contributed by atoms with Crippen molar-refractivity contribution < 1.29 is 9.59 Å². The van der Waals surface area contributed by atoms with Crippen molar-refractivity contribution in [2.24, 2.45) is 0 Å². The van der Waals surface area contributed by atoms with Gasteiger partial charge >= 0.3 is 0 Å². The van der Waals surface area contributed by atoms with Crippen molar-refractivity contribution in [3.63, 3.8) is 0 Å². The van der Waals surface area contributed by atoms with Crippen LogP contribution in [0.1, 0.15) is 37.0 Å². The lowest BCUT2D eigenvalue weighted by atomic mass is 9.95. The molecule has 0 radical (unpaired) electrons.